The molecular weight excluding hydrogens is 304 g/mol. The van der Waals surface area contributed by atoms with Gasteiger partial charge >= 0.3 is 0 Å². The fraction of sp³-hybridized carbons (Fsp3) is 0.364. The molecule has 1 N–H and O–H groups in total. The second-order valence-corrected chi connectivity index (χ2v) is 7.17. The molecule has 0 spiro atoms. The third-order valence-corrected chi connectivity index (χ3v) is 4.53. The Morgan fingerprint density at radius 1 is 1.44 bits per heavy atom. The summed E-state index contributed by atoms with van der Waals surface area (Å²) in [5.74, 6) is 0. The number of halogens is 1. The summed E-state index contributed by atoms with van der Waals surface area (Å²) in [5, 5.41) is 6.64. The normalized spacial score (nSPS) is 11.2. The summed E-state index contributed by atoms with van der Waals surface area (Å²) in [4.78, 5) is 5.83. The van der Waals surface area contributed by atoms with Gasteiger partial charge in [-0.2, -0.15) is 0 Å². The highest BCUT2D eigenvalue weighted by atomic mass is 79.9. The Morgan fingerprint density at radius 2 is 2.25 bits per heavy atom. The summed E-state index contributed by atoms with van der Waals surface area (Å²) in [6, 6.07) is 4.66. The summed E-state index contributed by atoms with van der Waals surface area (Å²) in [5.41, 5.74) is 1.08. The average Bonchev–Trinajstić information content (AvgIpc) is 2.83. The minimum atomic E-state index is 0.503. The topological polar surface area (TPSA) is 24.9 Å². The van der Waals surface area contributed by atoms with Crippen LogP contribution in [0.15, 0.2) is 21.3 Å². The van der Waals surface area contributed by atoms with Crippen molar-refractivity contribution in [3.8, 4) is 10.6 Å². The van der Waals surface area contributed by atoms with E-state index in [4.69, 9.17) is 0 Å². The first-order valence-corrected chi connectivity index (χ1v) is 7.57. The second-order valence-electron chi connectivity index (χ2n) is 3.77. The van der Waals surface area contributed by atoms with Gasteiger partial charge in [0.25, 0.3) is 0 Å². The molecule has 0 fully saturated rings. The number of thiazole rings is 1. The molecule has 0 saturated carbocycles. The molecule has 2 aromatic heterocycles. The molecule has 0 radical (unpaired) electrons. The molecule has 0 aliphatic rings. The zero-order chi connectivity index (χ0) is 11.5. The lowest BCUT2D eigenvalue weighted by atomic mass is 10.4. The van der Waals surface area contributed by atoms with Crippen LogP contribution in [0.2, 0.25) is 0 Å². The van der Waals surface area contributed by atoms with Crippen LogP contribution in [0.3, 0.4) is 0 Å². The molecule has 0 aliphatic heterocycles. The minimum Gasteiger partial charge on any atom is -0.308 e. The highest BCUT2D eigenvalue weighted by molar-refractivity contribution is 9.11. The maximum absolute atomic E-state index is 4.61. The van der Waals surface area contributed by atoms with Gasteiger partial charge in [-0.1, -0.05) is 13.8 Å². The van der Waals surface area contributed by atoms with Gasteiger partial charge in [0.15, 0.2) is 0 Å². The van der Waals surface area contributed by atoms with Gasteiger partial charge in [-0.3, -0.25) is 0 Å². The Kier molecular flexibility index (Phi) is 4.13. The molecule has 86 valence electrons. The number of hydrogen-bond acceptors (Lipinski definition) is 4. The van der Waals surface area contributed by atoms with Crippen LogP contribution in [0.4, 0.5) is 0 Å². The van der Waals surface area contributed by atoms with Crippen LogP contribution in [-0.4, -0.2) is 11.0 Å². The third-order valence-electron chi connectivity index (χ3n) is 2.04. The lowest BCUT2D eigenvalue weighted by molar-refractivity contribution is 0.587. The van der Waals surface area contributed by atoms with E-state index in [0.717, 1.165) is 21.0 Å². The van der Waals surface area contributed by atoms with Gasteiger partial charge in [0.2, 0.25) is 0 Å². The zero-order valence-corrected chi connectivity index (χ0v) is 12.4. The second kappa shape index (κ2) is 5.40. The predicted octanol–water partition coefficient (Wildman–Crippen LogP) is 4.13. The van der Waals surface area contributed by atoms with E-state index in [2.05, 4.69) is 57.6 Å². The Hall–Kier alpha value is -0.230. The molecule has 16 heavy (non-hydrogen) atoms. The highest BCUT2D eigenvalue weighted by Gasteiger charge is 2.06. The van der Waals surface area contributed by atoms with Crippen molar-refractivity contribution in [2.24, 2.45) is 0 Å². The average molecular weight is 317 g/mol. The molecule has 0 aromatic carbocycles. The summed E-state index contributed by atoms with van der Waals surface area (Å²) < 4.78 is 1.15. The van der Waals surface area contributed by atoms with Gasteiger partial charge in [0.1, 0.15) is 5.01 Å². The molecule has 2 rings (SSSR count). The van der Waals surface area contributed by atoms with Crippen molar-refractivity contribution in [2.75, 3.05) is 0 Å². The standard InChI is InChI=1S/C11H13BrN2S2/c1-7(2)13-5-11-14-8(6-15-11)9-3-4-10(12)16-9/h3-4,6-7,13H,5H2,1-2H3. The first-order valence-electron chi connectivity index (χ1n) is 5.08. The Morgan fingerprint density at radius 3 is 2.88 bits per heavy atom. The lowest BCUT2D eigenvalue weighted by Gasteiger charge is -2.04. The fourth-order valence-electron chi connectivity index (χ4n) is 1.25. The molecule has 0 bridgehead atoms. The van der Waals surface area contributed by atoms with Crippen LogP contribution >= 0.6 is 38.6 Å². The molecule has 0 aliphatic carbocycles. The maximum atomic E-state index is 4.61. The van der Waals surface area contributed by atoms with Crippen LogP contribution in [0.25, 0.3) is 10.6 Å². The third kappa shape index (κ3) is 3.13. The maximum Gasteiger partial charge on any atom is 0.107 e. The summed E-state index contributed by atoms with van der Waals surface area (Å²) >= 11 is 6.90. The van der Waals surface area contributed by atoms with Crippen molar-refractivity contribution >= 4 is 38.6 Å². The first kappa shape index (κ1) is 12.2. The van der Waals surface area contributed by atoms with Gasteiger partial charge in [-0.15, -0.1) is 22.7 Å². The molecular formula is C11H13BrN2S2. The van der Waals surface area contributed by atoms with E-state index in [1.807, 2.05) is 0 Å². The zero-order valence-electron chi connectivity index (χ0n) is 9.16. The Labute approximate surface area is 112 Å². The van der Waals surface area contributed by atoms with E-state index in [-0.39, 0.29) is 0 Å². The number of hydrogen-bond donors (Lipinski definition) is 1. The quantitative estimate of drug-likeness (QED) is 0.917. The monoisotopic (exact) mass is 316 g/mol. The summed E-state index contributed by atoms with van der Waals surface area (Å²) in [6.45, 7) is 5.14. The van der Waals surface area contributed by atoms with E-state index in [1.54, 1.807) is 22.7 Å². The smallest absolute Gasteiger partial charge is 0.107 e. The molecule has 2 aromatic rings. The number of nitrogens with one attached hydrogen (secondary N) is 1. The molecule has 0 atom stereocenters. The molecule has 2 nitrogen and oxygen atoms in total. The number of thiophene rings is 1. The van der Waals surface area contributed by atoms with Gasteiger partial charge in [0.05, 0.1) is 14.4 Å². The van der Waals surface area contributed by atoms with Gasteiger partial charge < -0.3 is 5.32 Å². The SMILES string of the molecule is CC(C)NCc1nc(-c2ccc(Br)s2)cs1. The van der Waals surface area contributed by atoms with Gasteiger partial charge in [-0.05, 0) is 28.1 Å². The minimum absolute atomic E-state index is 0.503. The first-order chi connectivity index (χ1) is 7.65. The summed E-state index contributed by atoms with van der Waals surface area (Å²) in [6.07, 6.45) is 0. The molecule has 5 heteroatoms. The van der Waals surface area contributed by atoms with E-state index < -0.39 is 0 Å². The Balaban J connectivity index is 2.07. The lowest BCUT2D eigenvalue weighted by Crippen LogP contribution is -2.21. The van der Waals surface area contributed by atoms with Crippen LogP contribution in [0.5, 0.6) is 0 Å². The Bertz CT molecular complexity index is 462. The molecule has 0 unspecified atom stereocenters. The van der Waals surface area contributed by atoms with E-state index in [9.17, 15) is 0 Å². The van der Waals surface area contributed by atoms with E-state index >= 15 is 0 Å². The number of aromatic nitrogens is 1. The van der Waals surface area contributed by atoms with Crippen LogP contribution < -0.4 is 5.32 Å². The highest BCUT2D eigenvalue weighted by Crippen LogP contribution is 2.31. The van der Waals surface area contributed by atoms with E-state index in [0.29, 0.717) is 6.04 Å². The van der Waals surface area contributed by atoms with Crippen molar-refractivity contribution in [1.29, 1.82) is 0 Å². The number of nitrogens with zero attached hydrogens (tertiary/aromatic N) is 1. The van der Waals surface area contributed by atoms with Gasteiger partial charge in [-0.25, -0.2) is 4.98 Å². The van der Waals surface area contributed by atoms with Crippen molar-refractivity contribution in [2.45, 2.75) is 26.4 Å². The fourth-order valence-corrected chi connectivity index (χ4v) is 3.42. The van der Waals surface area contributed by atoms with Gasteiger partial charge in [0, 0.05) is 18.0 Å². The van der Waals surface area contributed by atoms with Crippen LogP contribution in [-0.2, 0) is 6.54 Å². The summed E-state index contributed by atoms with van der Waals surface area (Å²) in [7, 11) is 0. The van der Waals surface area contributed by atoms with Crippen molar-refractivity contribution in [1.82, 2.24) is 10.3 Å². The van der Waals surface area contributed by atoms with Crippen molar-refractivity contribution < 1.29 is 0 Å². The van der Waals surface area contributed by atoms with E-state index in [1.165, 1.54) is 4.88 Å². The largest absolute Gasteiger partial charge is 0.308 e. The van der Waals surface area contributed by atoms with Crippen molar-refractivity contribution in [3.05, 3.63) is 26.3 Å². The molecule has 0 saturated heterocycles. The molecule has 2 heterocycles. The van der Waals surface area contributed by atoms with Crippen LogP contribution in [0, 0.1) is 0 Å². The number of rotatable bonds is 4. The molecule has 0 amide bonds. The van der Waals surface area contributed by atoms with Crippen LogP contribution in [0.1, 0.15) is 18.9 Å². The van der Waals surface area contributed by atoms with Crippen molar-refractivity contribution in [3.63, 3.8) is 0 Å². The predicted molar refractivity (Wildman–Crippen MR) is 75.1 cm³/mol.